The van der Waals surface area contributed by atoms with Gasteiger partial charge in [0.25, 0.3) is 0 Å². The highest BCUT2D eigenvalue weighted by molar-refractivity contribution is 5.05. The smallest absolute Gasteiger partial charge is 0.151 e. The number of likely N-dealkylation sites (tertiary alicyclic amines) is 1. The summed E-state index contributed by atoms with van der Waals surface area (Å²) in [6.45, 7) is 14.3. The van der Waals surface area contributed by atoms with Gasteiger partial charge in [0.05, 0.1) is 12.2 Å². The van der Waals surface area contributed by atoms with Gasteiger partial charge >= 0.3 is 0 Å². The molecule has 0 atom stereocenters. The van der Waals surface area contributed by atoms with Gasteiger partial charge < -0.3 is 9.84 Å². The Morgan fingerprint density at radius 2 is 2.05 bits per heavy atom. The molecule has 1 aromatic rings. The van der Waals surface area contributed by atoms with Crippen molar-refractivity contribution in [1.29, 1.82) is 0 Å². The van der Waals surface area contributed by atoms with Crippen molar-refractivity contribution in [3.63, 3.8) is 0 Å². The van der Waals surface area contributed by atoms with E-state index in [0.717, 1.165) is 43.4 Å². The van der Waals surface area contributed by atoms with Gasteiger partial charge in [-0.25, -0.2) is 0 Å². The minimum atomic E-state index is 0.441. The molecule has 0 aliphatic carbocycles. The van der Waals surface area contributed by atoms with E-state index in [1.165, 1.54) is 25.9 Å². The van der Waals surface area contributed by atoms with E-state index in [0.29, 0.717) is 5.41 Å². The summed E-state index contributed by atoms with van der Waals surface area (Å²) < 4.78 is 5.46. The van der Waals surface area contributed by atoms with Crippen LogP contribution in [0.1, 0.15) is 58.4 Å². The molecule has 1 N–H and O–H groups in total. The molecule has 0 aromatic carbocycles. The molecule has 4 nitrogen and oxygen atoms in total. The van der Waals surface area contributed by atoms with E-state index in [4.69, 9.17) is 4.52 Å². The van der Waals surface area contributed by atoms with Crippen molar-refractivity contribution in [1.82, 2.24) is 15.4 Å². The predicted octanol–water partition coefficient (Wildman–Crippen LogP) is 3.43. The molecule has 1 aliphatic rings. The van der Waals surface area contributed by atoms with Crippen LogP contribution < -0.4 is 5.32 Å². The Morgan fingerprint density at radius 3 is 2.67 bits per heavy atom. The number of nitrogens with one attached hydrogen (secondary N) is 1. The lowest BCUT2D eigenvalue weighted by molar-refractivity contribution is 0.101. The maximum absolute atomic E-state index is 5.46. The molecule has 1 fully saturated rings. The first-order chi connectivity index (χ1) is 9.99. The molecular formula is C17H31N3O. The van der Waals surface area contributed by atoms with E-state index in [2.05, 4.69) is 49.1 Å². The normalized spacial score (nSPS) is 18.3. The average Bonchev–Trinajstić information content (AvgIpc) is 2.86. The molecule has 0 saturated carbocycles. The first-order valence-corrected chi connectivity index (χ1v) is 8.36. The highest BCUT2D eigenvalue weighted by atomic mass is 16.5. The van der Waals surface area contributed by atoms with Crippen molar-refractivity contribution in [2.45, 2.75) is 60.0 Å². The minimum absolute atomic E-state index is 0.441. The third-order valence-corrected chi connectivity index (χ3v) is 4.53. The zero-order chi connectivity index (χ0) is 15.3. The van der Waals surface area contributed by atoms with Crippen LogP contribution in [0, 0.1) is 11.3 Å². The zero-order valence-corrected chi connectivity index (χ0v) is 14.1. The van der Waals surface area contributed by atoms with Crippen molar-refractivity contribution >= 4 is 0 Å². The van der Waals surface area contributed by atoms with Gasteiger partial charge in [0.15, 0.2) is 5.76 Å². The second-order valence-electron chi connectivity index (χ2n) is 7.38. The van der Waals surface area contributed by atoms with Crippen LogP contribution in [0.3, 0.4) is 0 Å². The first kappa shape index (κ1) is 16.5. The monoisotopic (exact) mass is 293 g/mol. The predicted molar refractivity (Wildman–Crippen MR) is 86.0 cm³/mol. The maximum Gasteiger partial charge on any atom is 0.151 e. The van der Waals surface area contributed by atoms with E-state index >= 15 is 0 Å². The Labute approximate surface area is 129 Å². The molecule has 1 aromatic heterocycles. The molecule has 4 heteroatoms. The Kier molecular flexibility index (Phi) is 5.82. The van der Waals surface area contributed by atoms with Gasteiger partial charge in [-0.2, -0.15) is 0 Å². The number of hydrogen-bond acceptors (Lipinski definition) is 4. The Hall–Kier alpha value is -0.870. The largest absolute Gasteiger partial charge is 0.360 e. The van der Waals surface area contributed by atoms with Crippen LogP contribution in [0.25, 0.3) is 0 Å². The zero-order valence-electron chi connectivity index (χ0n) is 14.1. The number of hydrogen-bond donors (Lipinski definition) is 1. The molecular weight excluding hydrogens is 262 g/mol. The lowest BCUT2D eigenvalue weighted by atomic mass is 9.75. The topological polar surface area (TPSA) is 41.3 Å². The van der Waals surface area contributed by atoms with Crippen LogP contribution in [0.15, 0.2) is 10.6 Å². The van der Waals surface area contributed by atoms with E-state index in [1.54, 1.807) is 0 Å². The van der Waals surface area contributed by atoms with Gasteiger partial charge in [0.2, 0.25) is 0 Å². The fraction of sp³-hybridized carbons (Fsp3) is 0.824. The van der Waals surface area contributed by atoms with Crippen LogP contribution >= 0.6 is 0 Å². The molecule has 0 spiro atoms. The summed E-state index contributed by atoms with van der Waals surface area (Å²) in [5.41, 5.74) is 1.46. The third kappa shape index (κ3) is 5.11. The van der Waals surface area contributed by atoms with Crippen LogP contribution in [0.4, 0.5) is 0 Å². The number of rotatable bonds is 6. The summed E-state index contributed by atoms with van der Waals surface area (Å²) in [6, 6.07) is 2.10. The van der Waals surface area contributed by atoms with Gasteiger partial charge in [-0.1, -0.05) is 32.9 Å². The SMILES string of the molecule is CCCNCc1cc(CN2CCC(C(C)(C)C)CC2)on1. The van der Waals surface area contributed by atoms with E-state index in [9.17, 15) is 0 Å². The quantitative estimate of drug-likeness (QED) is 0.816. The van der Waals surface area contributed by atoms with E-state index in [1.807, 2.05) is 0 Å². The molecule has 0 unspecified atom stereocenters. The summed E-state index contributed by atoms with van der Waals surface area (Å²) in [7, 11) is 0. The van der Waals surface area contributed by atoms with E-state index in [-0.39, 0.29) is 0 Å². The summed E-state index contributed by atoms with van der Waals surface area (Å²) in [4.78, 5) is 2.49. The molecule has 0 bridgehead atoms. The summed E-state index contributed by atoms with van der Waals surface area (Å²) in [5, 5.41) is 7.50. The third-order valence-electron chi connectivity index (χ3n) is 4.53. The summed E-state index contributed by atoms with van der Waals surface area (Å²) in [6.07, 6.45) is 3.73. The Bertz CT molecular complexity index is 414. The van der Waals surface area contributed by atoms with Crippen molar-refractivity contribution < 1.29 is 4.52 Å². The maximum atomic E-state index is 5.46. The van der Waals surface area contributed by atoms with Gasteiger partial charge in [0.1, 0.15) is 0 Å². The van der Waals surface area contributed by atoms with Crippen LogP contribution in [-0.4, -0.2) is 29.7 Å². The highest BCUT2D eigenvalue weighted by Crippen LogP contribution is 2.34. The highest BCUT2D eigenvalue weighted by Gasteiger charge is 2.28. The van der Waals surface area contributed by atoms with Gasteiger partial charge in [0, 0.05) is 12.6 Å². The first-order valence-electron chi connectivity index (χ1n) is 8.36. The van der Waals surface area contributed by atoms with Crippen LogP contribution in [-0.2, 0) is 13.1 Å². The number of piperidine rings is 1. The number of aromatic nitrogens is 1. The van der Waals surface area contributed by atoms with Crippen LogP contribution in [0.2, 0.25) is 0 Å². The lowest BCUT2D eigenvalue weighted by Crippen LogP contribution is -2.37. The van der Waals surface area contributed by atoms with Gasteiger partial charge in [-0.15, -0.1) is 0 Å². The van der Waals surface area contributed by atoms with Crippen molar-refractivity contribution in [3.8, 4) is 0 Å². The van der Waals surface area contributed by atoms with Gasteiger partial charge in [-0.05, 0) is 50.2 Å². The second kappa shape index (κ2) is 7.41. The summed E-state index contributed by atoms with van der Waals surface area (Å²) >= 11 is 0. The standard InChI is InChI=1S/C17H31N3O/c1-5-8-18-12-15-11-16(21-19-15)13-20-9-6-14(7-10-20)17(2,3)4/h11,14,18H,5-10,12-13H2,1-4H3. The minimum Gasteiger partial charge on any atom is -0.360 e. The average molecular weight is 293 g/mol. The molecule has 21 heavy (non-hydrogen) atoms. The molecule has 2 heterocycles. The lowest BCUT2D eigenvalue weighted by Gasteiger charge is -2.38. The number of nitrogens with zero attached hydrogens (tertiary/aromatic N) is 2. The van der Waals surface area contributed by atoms with Crippen LogP contribution in [0.5, 0.6) is 0 Å². The van der Waals surface area contributed by atoms with Crippen molar-refractivity contribution in [2.24, 2.45) is 11.3 Å². The summed E-state index contributed by atoms with van der Waals surface area (Å²) in [5.74, 6) is 1.84. The molecule has 0 amide bonds. The van der Waals surface area contributed by atoms with Crippen molar-refractivity contribution in [2.75, 3.05) is 19.6 Å². The molecule has 2 rings (SSSR count). The van der Waals surface area contributed by atoms with Gasteiger partial charge in [-0.3, -0.25) is 4.90 Å². The molecule has 1 aliphatic heterocycles. The molecule has 0 radical (unpaired) electrons. The Balaban J connectivity index is 1.76. The molecule has 1 saturated heterocycles. The van der Waals surface area contributed by atoms with Crippen molar-refractivity contribution in [3.05, 3.63) is 17.5 Å². The molecule has 120 valence electrons. The fourth-order valence-corrected chi connectivity index (χ4v) is 3.08. The second-order valence-corrected chi connectivity index (χ2v) is 7.38. The van der Waals surface area contributed by atoms with E-state index < -0.39 is 0 Å². The Morgan fingerprint density at radius 1 is 1.33 bits per heavy atom. The fourth-order valence-electron chi connectivity index (χ4n) is 3.08.